The average molecular weight is 806 g/mol. The molecule has 0 saturated heterocycles. The van der Waals surface area contributed by atoms with Gasteiger partial charge in [0.2, 0.25) is 0 Å². The van der Waals surface area contributed by atoms with Crippen molar-refractivity contribution < 1.29 is 34.4 Å². The third-order valence-corrected chi connectivity index (χ3v) is 9.04. The third kappa shape index (κ3) is 7.66. The van der Waals surface area contributed by atoms with E-state index in [0.717, 1.165) is 64.2 Å². The quantitative estimate of drug-likeness (QED) is 0.0942. The van der Waals surface area contributed by atoms with Gasteiger partial charge >= 0.3 is 0 Å². The molecule has 47 heavy (non-hydrogen) atoms. The van der Waals surface area contributed by atoms with Crippen molar-refractivity contribution in [2.45, 2.75) is 79.6 Å². The van der Waals surface area contributed by atoms with Crippen molar-refractivity contribution in [3.05, 3.63) is 96.5 Å². The second-order valence-electron chi connectivity index (χ2n) is 13.1. The summed E-state index contributed by atoms with van der Waals surface area (Å²) in [7, 11) is 0. The van der Waals surface area contributed by atoms with Gasteiger partial charge in [-0.25, -0.2) is 4.98 Å². The predicted octanol–water partition coefficient (Wildman–Crippen LogP) is 11.3. The fraction of sp³-hybridized carbons (Fsp3) is 0.341. The van der Waals surface area contributed by atoms with Crippen LogP contribution in [0.25, 0.3) is 54.9 Å². The van der Waals surface area contributed by atoms with E-state index >= 15 is 0 Å². The van der Waals surface area contributed by atoms with Gasteiger partial charge in [0.05, 0.1) is 11.5 Å². The van der Waals surface area contributed by atoms with E-state index < -0.39 is 0 Å². The number of aliphatic hydroxyl groups is 1. The van der Waals surface area contributed by atoms with Crippen LogP contribution in [0.15, 0.2) is 89.3 Å². The van der Waals surface area contributed by atoms with Crippen molar-refractivity contribution in [1.29, 1.82) is 0 Å². The van der Waals surface area contributed by atoms with Gasteiger partial charge in [0.1, 0.15) is 23.0 Å². The molecule has 0 aliphatic heterocycles. The van der Waals surface area contributed by atoms with Crippen LogP contribution in [0.1, 0.15) is 79.7 Å². The Kier molecular flexibility index (Phi) is 11.8. The maximum Gasteiger partial charge on any atom is 0.162 e. The summed E-state index contributed by atoms with van der Waals surface area (Å²) in [5.41, 5.74) is 5.34. The number of hydrogen-bond acceptors (Lipinski definition) is 5. The molecule has 6 rings (SSSR count). The summed E-state index contributed by atoms with van der Waals surface area (Å²) in [5, 5.41) is 15.4. The number of allylic oxidation sites excluding steroid dienone is 2. The number of benzene rings is 4. The zero-order valence-corrected chi connectivity index (χ0v) is 30.9. The first-order valence-corrected chi connectivity index (χ1v) is 16.6. The first kappa shape index (κ1) is 36.0. The van der Waals surface area contributed by atoms with Crippen LogP contribution in [0.2, 0.25) is 0 Å². The molecule has 2 aromatic heterocycles. The second kappa shape index (κ2) is 15.4. The molecule has 0 fully saturated rings. The molecule has 0 unspecified atom stereocenters. The summed E-state index contributed by atoms with van der Waals surface area (Å²) < 4.78 is 6.34. The standard InChI is InChI=1S/C28H21N2O.C13H24O2.Ir/c1-28(2,3)23-14-20(12-19-10-6-7-11-21(19)23)25-27-26(30-16-29-25)22-13-17-8-4-5-9-18(17)15-24(22)31-27;1-5-10(6-2)12(14)9-13(15)11(7-3)8-4;/h4-11,13-16H,1-3H3;9-11,14H,5-8H2,1-4H3;/q-1;;/b;12-9-;. The van der Waals surface area contributed by atoms with Gasteiger partial charge in [-0.1, -0.05) is 102 Å². The van der Waals surface area contributed by atoms with E-state index in [-0.39, 0.29) is 48.9 Å². The fourth-order valence-corrected chi connectivity index (χ4v) is 6.21. The zero-order valence-electron chi connectivity index (χ0n) is 28.5. The van der Waals surface area contributed by atoms with Gasteiger partial charge < -0.3 is 9.52 Å². The molecule has 6 heteroatoms. The van der Waals surface area contributed by atoms with Crippen LogP contribution in [0, 0.1) is 17.9 Å². The number of aliphatic hydroxyl groups excluding tert-OH is 1. The van der Waals surface area contributed by atoms with Crippen LogP contribution in [0.4, 0.5) is 0 Å². The van der Waals surface area contributed by atoms with Gasteiger partial charge in [-0.15, -0.1) is 29.1 Å². The summed E-state index contributed by atoms with van der Waals surface area (Å²) >= 11 is 0. The largest absolute Gasteiger partial charge is 0.512 e. The Labute approximate surface area is 291 Å². The topological polar surface area (TPSA) is 76.2 Å². The molecule has 1 radical (unpaired) electrons. The number of nitrogens with zero attached hydrogens (tertiary/aromatic N) is 2. The van der Waals surface area contributed by atoms with Crippen molar-refractivity contribution in [2.75, 3.05) is 0 Å². The van der Waals surface area contributed by atoms with Crippen molar-refractivity contribution in [1.82, 2.24) is 9.97 Å². The minimum atomic E-state index is -0.0127. The van der Waals surface area contributed by atoms with E-state index in [9.17, 15) is 9.90 Å². The minimum absolute atomic E-state index is 0. The zero-order chi connectivity index (χ0) is 33.0. The molecule has 0 atom stereocenters. The maximum absolute atomic E-state index is 11.7. The van der Waals surface area contributed by atoms with Gasteiger partial charge in [0, 0.05) is 43.4 Å². The van der Waals surface area contributed by atoms with E-state index in [4.69, 9.17) is 4.42 Å². The number of carbonyl (C=O) groups is 1. The second-order valence-corrected chi connectivity index (χ2v) is 13.1. The average Bonchev–Trinajstić information content (AvgIpc) is 3.41. The fourth-order valence-electron chi connectivity index (χ4n) is 6.21. The van der Waals surface area contributed by atoms with Gasteiger partial charge in [-0.05, 0) is 54.0 Å². The van der Waals surface area contributed by atoms with Crippen LogP contribution in [-0.4, -0.2) is 20.9 Å². The number of furan rings is 1. The summed E-state index contributed by atoms with van der Waals surface area (Å²) in [6.07, 6.45) is 6.53. The Balaban J connectivity index is 0.000000269. The van der Waals surface area contributed by atoms with Crippen molar-refractivity contribution in [2.24, 2.45) is 11.8 Å². The molecule has 0 saturated carbocycles. The molecule has 0 aliphatic rings. The molecular weight excluding hydrogens is 761 g/mol. The van der Waals surface area contributed by atoms with E-state index in [2.05, 4.69) is 97.5 Å². The van der Waals surface area contributed by atoms with Gasteiger partial charge in [-0.3, -0.25) is 9.78 Å². The monoisotopic (exact) mass is 806 g/mol. The van der Waals surface area contributed by atoms with Gasteiger partial charge in [0.15, 0.2) is 5.78 Å². The summed E-state index contributed by atoms with van der Waals surface area (Å²) in [6, 6.07) is 26.7. The number of aromatic nitrogens is 2. The maximum atomic E-state index is 11.7. The first-order chi connectivity index (χ1) is 22.1. The number of rotatable bonds is 8. The number of fused-ring (bicyclic) bond motifs is 5. The number of hydrogen-bond donors (Lipinski definition) is 1. The van der Waals surface area contributed by atoms with Crippen molar-refractivity contribution in [3.63, 3.8) is 0 Å². The molecule has 0 aliphatic carbocycles. The normalized spacial score (nSPS) is 12.1. The molecule has 2 heterocycles. The molecule has 0 amide bonds. The minimum Gasteiger partial charge on any atom is -0.512 e. The molecule has 0 bridgehead atoms. The van der Waals surface area contributed by atoms with E-state index in [0.29, 0.717) is 5.58 Å². The molecule has 1 N–H and O–H groups in total. The number of ketones is 1. The Morgan fingerprint density at radius 2 is 1.47 bits per heavy atom. The van der Waals surface area contributed by atoms with Crippen LogP contribution in [-0.2, 0) is 30.3 Å². The van der Waals surface area contributed by atoms with E-state index in [1.807, 2.05) is 33.8 Å². The third-order valence-electron chi connectivity index (χ3n) is 9.04. The van der Waals surface area contributed by atoms with E-state index in [1.54, 1.807) is 6.33 Å². The molecule has 0 spiro atoms. The van der Waals surface area contributed by atoms with Crippen LogP contribution in [0.3, 0.4) is 0 Å². The molecule has 6 aromatic rings. The number of carbonyl (C=O) groups excluding carboxylic acids is 1. The molecular formula is C41H45IrN2O3-. The summed E-state index contributed by atoms with van der Waals surface area (Å²) in [4.78, 5) is 20.9. The summed E-state index contributed by atoms with van der Waals surface area (Å²) in [5.74, 6) is 0.547. The summed E-state index contributed by atoms with van der Waals surface area (Å²) in [6.45, 7) is 14.8. The molecule has 4 aromatic carbocycles. The smallest absolute Gasteiger partial charge is 0.162 e. The molecule has 247 valence electrons. The van der Waals surface area contributed by atoms with E-state index in [1.165, 1.54) is 22.4 Å². The van der Waals surface area contributed by atoms with Crippen LogP contribution in [0.5, 0.6) is 0 Å². The Hall–Kier alpha value is -3.86. The molecule has 5 nitrogen and oxygen atoms in total. The van der Waals surface area contributed by atoms with Crippen LogP contribution >= 0.6 is 0 Å². The van der Waals surface area contributed by atoms with Gasteiger partial charge in [0.25, 0.3) is 0 Å². The Bertz CT molecular complexity index is 2030. The van der Waals surface area contributed by atoms with Gasteiger partial charge in [-0.2, -0.15) is 0 Å². The van der Waals surface area contributed by atoms with Crippen molar-refractivity contribution >= 4 is 49.4 Å². The Morgan fingerprint density at radius 1 is 0.851 bits per heavy atom. The SMILES string of the molecule is CC(C)(C)c1cc(-c2ncnc3c2oc2cc4ccccc4cc23)[c-]c2ccccc12.CCC(CC)C(=O)/C=C(\O)C(CC)CC.[Ir]. The first-order valence-electron chi connectivity index (χ1n) is 16.6. The Morgan fingerprint density at radius 3 is 2.11 bits per heavy atom. The predicted molar refractivity (Wildman–Crippen MR) is 191 cm³/mol. The van der Waals surface area contributed by atoms with Crippen LogP contribution < -0.4 is 0 Å². The van der Waals surface area contributed by atoms with Crippen molar-refractivity contribution in [3.8, 4) is 11.3 Å².